The van der Waals surface area contributed by atoms with Gasteiger partial charge in [-0.3, -0.25) is 4.79 Å². The summed E-state index contributed by atoms with van der Waals surface area (Å²) in [6.07, 6.45) is 8.50. The summed E-state index contributed by atoms with van der Waals surface area (Å²) in [6, 6.07) is 0. The number of hydrogen-bond donors (Lipinski definition) is 0. The van der Waals surface area contributed by atoms with E-state index < -0.39 is 0 Å². The molecule has 0 rings (SSSR count). The van der Waals surface area contributed by atoms with E-state index in [2.05, 4.69) is 11.7 Å². The van der Waals surface area contributed by atoms with Gasteiger partial charge in [-0.05, 0) is 6.42 Å². The van der Waals surface area contributed by atoms with Crippen LogP contribution < -0.4 is 0 Å². The van der Waals surface area contributed by atoms with Crippen molar-refractivity contribution in [1.29, 1.82) is 0 Å². The van der Waals surface area contributed by atoms with Crippen LogP contribution in [0, 0.1) is 0 Å². The lowest BCUT2D eigenvalue weighted by Gasteiger charge is -2.14. The van der Waals surface area contributed by atoms with Crippen molar-refractivity contribution < 1.29 is 9.53 Å². The number of halogens is 2. The summed E-state index contributed by atoms with van der Waals surface area (Å²) in [5.74, 6) is -0.293. The van der Waals surface area contributed by atoms with Crippen LogP contribution in [-0.4, -0.2) is 23.8 Å². The minimum Gasteiger partial charge on any atom is -0.469 e. The van der Waals surface area contributed by atoms with Crippen LogP contribution in [0.2, 0.25) is 0 Å². The highest BCUT2D eigenvalue weighted by Crippen LogP contribution is 2.20. The molecule has 102 valence electrons. The van der Waals surface area contributed by atoms with E-state index in [4.69, 9.17) is 23.2 Å². The number of ether oxygens (including phenoxy) is 1. The summed E-state index contributed by atoms with van der Waals surface area (Å²) in [6.45, 7) is 2.21. The predicted molar refractivity (Wildman–Crippen MR) is 73.9 cm³/mol. The number of unbranched alkanes of at least 4 members (excludes halogenated alkanes) is 5. The summed E-state index contributed by atoms with van der Waals surface area (Å²) in [5, 5.41) is -0.457. The van der Waals surface area contributed by atoms with E-state index in [1.165, 1.54) is 39.2 Å². The molecule has 0 aliphatic heterocycles. The molecule has 0 saturated heterocycles. The van der Waals surface area contributed by atoms with Gasteiger partial charge in [0.25, 0.3) is 0 Å². The molecule has 0 N–H and O–H groups in total. The van der Waals surface area contributed by atoms with Crippen LogP contribution in [0.3, 0.4) is 0 Å². The Morgan fingerprint density at radius 2 is 1.65 bits per heavy atom. The Hall–Kier alpha value is 0.0500. The van der Waals surface area contributed by atoms with Crippen LogP contribution in [0.4, 0.5) is 0 Å². The number of alkyl halides is 2. The number of hydrogen-bond acceptors (Lipinski definition) is 2. The molecule has 0 aromatic heterocycles. The largest absolute Gasteiger partial charge is 0.469 e. The molecule has 0 amide bonds. The molecule has 17 heavy (non-hydrogen) atoms. The Balaban J connectivity index is 3.50. The fraction of sp³-hybridized carbons (Fsp3) is 0.923. The zero-order valence-corrected chi connectivity index (χ0v) is 12.4. The van der Waals surface area contributed by atoms with Crippen molar-refractivity contribution in [1.82, 2.24) is 0 Å². The molecule has 0 fully saturated rings. The zero-order chi connectivity index (χ0) is 13.1. The third-order valence-corrected chi connectivity index (χ3v) is 3.93. The monoisotopic (exact) mass is 282 g/mol. The summed E-state index contributed by atoms with van der Waals surface area (Å²) >= 11 is 12.2. The van der Waals surface area contributed by atoms with Gasteiger partial charge in [0.2, 0.25) is 0 Å². The van der Waals surface area contributed by atoms with Gasteiger partial charge in [-0.15, -0.1) is 23.2 Å². The number of esters is 1. The van der Waals surface area contributed by atoms with Crippen LogP contribution in [0.15, 0.2) is 0 Å². The van der Waals surface area contributed by atoms with E-state index in [-0.39, 0.29) is 23.1 Å². The molecule has 2 nitrogen and oxygen atoms in total. The van der Waals surface area contributed by atoms with Gasteiger partial charge in [-0.2, -0.15) is 0 Å². The maximum absolute atomic E-state index is 11.0. The lowest BCUT2D eigenvalue weighted by atomic mass is 10.1. The van der Waals surface area contributed by atoms with Gasteiger partial charge in [0.05, 0.1) is 24.3 Å². The lowest BCUT2D eigenvalue weighted by molar-refractivity contribution is -0.140. The van der Waals surface area contributed by atoms with Gasteiger partial charge >= 0.3 is 5.97 Å². The molecule has 2 unspecified atom stereocenters. The topological polar surface area (TPSA) is 26.3 Å². The molecule has 0 radical (unpaired) electrons. The highest BCUT2D eigenvalue weighted by atomic mass is 35.5. The van der Waals surface area contributed by atoms with E-state index >= 15 is 0 Å². The molecule has 0 aliphatic rings. The summed E-state index contributed by atoms with van der Waals surface area (Å²) in [4.78, 5) is 11.0. The van der Waals surface area contributed by atoms with Crippen molar-refractivity contribution in [2.45, 2.75) is 69.0 Å². The van der Waals surface area contributed by atoms with Crippen LogP contribution in [0.25, 0.3) is 0 Å². The average Bonchev–Trinajstić information content (AvgIpc) is 2.32. The van der Waals surface area contributed by atoms with Gasteiger partial charge in [-0.25, -0.2) is 0 Å². The normalized spacial score (nSPS) is 14.4. The highest BCUT2D eigenvalue weighted by molar-refractivity contribution is 6.30. The minimum absolute atomic E-state index is 0.137. The molecule has 0 aromatic rings. The van der Waals surface area contributed by atoms with E-state index in [1.54, 1.807) is 0 Å². The second-order valence-electron chi connectivity index (χ2n) is 4.37. The molecule has 0 spiro atoms. The molecule has 4 heteroatoms. The molecule has 2 atom stereocenters. The number of carbonyl (C=O) groups is 1. The first-order chi connectivity index (χ1) is 8.11. The summed E-state index contributed by atoms with van der Waals surface area (Å²) < 4.78 is 4.56. The van der Waals surface area contributed by atoms with E-state index in [0.717, 1.165) is 12.8 Å². The maximum Gasteiger partial charge on any atom is 0.307 e. The van der Waals surface area contributed by atoms with Crippen LogP contribution in [0.5, 0.6) is 0 Å². The molecular weight excluding hydrogens is 259 g/mol. The average molecular weight is 283 g/mol. The SMILES string of the molecule is CCCCCCCCC(Cl)C(Cl)CC(=O)OC. The van der Waals surface area contributed by atoms with Crippen molar-refractivity contribution >= 4 is 29.2 Å². The Labute approximate surface area is 115 Å². The molecule has 0 heterocycles. The van der Waals surface area contributed by atoms with Gasteiger partial charge in [0, 0.05) is 0 Å². The predicted octanol–water partition coefficient (Wildman–Crippen LogP) is 4.51. The maximum atomic E-state index is 11.0. The van der Waals surface area contributed by atoms with Gasteiger partial charge in [0.15, 0.2) is 0 Å². The van der Waals surface area contributed by atoms with Gasteiger partial charge in [-0.1, -0.05) is 45.4 Å². The Kier molecular flexibility index (Phi) is 11.2. The fourth-order valence-electron chi connectivity index (χ4n) is 1.67. The van der Waals surface area contributed by atoms with E-state index in [9.17, 15) is 4.79 Å². The van der Waals surface area contributed by atoms with Crippen molar-refractivity contribution in [3.8, 4) is 0 Å². The van der Waals surface area contributed by atoms with Crippen molar-refractivity contribution in [2.24, 2.45) is 0 Å². The van der Waals surface area contributed by atoms with Crippen molar-refractivity contribution in [3.05, 3.63) is 0 Å². The van der Waals surface area contributed by atoms with Crippen molar-refractivity contribution in [2.75, 3.05) is 7.11 Å². The first kappa shape index (κ1) is 17.1. The lowest BCUT2D eigenvalue weighted by Crippen LogP contribution is -2.19. The third-order valence-electron chi connectivity index (χ3n) is 2.82. The first-order valence-corrected chi connectivity index (χ1v) is 7.34. The van der Waals surface area contributed by atoms with Crippen LogP contribution in [-0.2, 0) is 9.53 Å². The molecule has 0 aliphatic carbocycles. The molecular formula is C13H24Cl2O2. The second-order valence-corrected chi connectivity index (χ2v) is 5.49. The molecule has 0 aromatic carbocycles. The third kappa shape index (κ3) is 9.72. The minimum atomic E-state index is -0.320. The quantitative estimate of drug-likeness (QED) is 0.335. The van der Waals surface area contributed by atoms with E-state index in [1.807, 2.05) is 0 Å². The zero-order valence-electron chi connectivity index (χ0n) is 10.9. The number of rotatable bonds is 10. The highest BCUT2D eigenvalue weighted by Gasteiger charge is 2.19. The first-order valence-electron chi connectivity index (χ1n) is 6.46. The van der Waals surface area contributed by atoms with Crippen molar-refractivity contribution in [3.63, 3.8) is 0 Å². The smallest absolute Gasteiger partial charge is 0.307 e. The van der Waals surface area contributed by atoms with Gasteiger partial charge in [0.1, 0.15) is 0 Å². The van der Waals surface area contributed by atoms with Crippen LogP contribution in [0.1, 0.15) is 58.3 Å². The fourth-order valence-corrected chi connectivity index (χ4v) is 2.17. The number of carbonyl (C=O) groups excluding carboxylic acids is 1. The second kappa shape index (κ2) is 11.2. The number of methoxy groups -OCH3 is 1. The van der Waals surface area contributed by atoms with Gasteiger partial charge < -0.3 is 4.74 Å². The molecule has 0 bridgehead atoms. The summed E-state index contributed by atoms with van der Waals surface area (Å²) in [5.41, 5.74) is 0. The Morgan fingerprint density at radius 3 is 2.24 bits per heavy atom. The molecule has 0 saturated carbocycles. The Bertz CT molecular complexity index is 198. The summed E-state index contributed by atoms with van der Waals surface area (Å²) in [7, 11) is 1.36. The van der Waals surface area contributed by atoms with Crippen LogP contribution >= 0.6 is 23.2 Å². The van der Waals surface area contributed by atoms with E-state index in [0.29, 0.717) is 0 Å². The Morgan fingerprint density at radius 1 is 1.06 bits per heavy atom. The standard InChI is InChI=1S/C13H24Cl2O2/c1-3-4-5-6-7-8-9-11(14)12(15)10-13(16)17-2/h11-12H,3-10H2,1-2H3.